The van der Waals surface area contributed by atoms with Gasteiger partial charge in [0, 0.05) is 0 Å². The van der Waals surface area contributed by atoms with Gasteiger partial charge < -0.3 is 5.11 Å². The van der Waals surface area contributed by atoms with Gasteiger partial charge in [0.25, 0.3) is 0 Å². The van der Waals surface area contributed by atoms with Crippen LogP contribution >= 0.6 is 0 Å². The number of nitrogens with zero attached hydrogens (tertiary/aromatic N) is 1. The summed E-state index contributed by atoms with van der Waals surface area (Å²) in [4.78, 5) is 0. The van der Waals surface area contributed by atoms with E-state index in [9.17, 15) is 5.11 Å². The molecule has 0 aliphatic heterocycles. The summed E-state index contributed by atoms with van der Waals surface area (Å²) in [5.74, 6) is 0.306. The summed E-state index contributed by atoms with van der Waals surface area (Å²) >= 11 is 0. The van der Waals surface area contributed by atoms with Gasteiger partial charge in [0.1, 0.15) is 5.75 Å². The van der Waals surface area contributed by atoms with E-state index in [0.717, 1.165) is 24.8 Å². The largest absolute Gasteiger partial charge is 0.508 e. The molecule has 1 aromatic carbocycles. The van der Waals surface area contributed by atoms with Crippen LogP contribution in [0, 0.1) is 11.3 Å². The Morgan fingerprint density at radius 1 is 1.36 bits per heavy atom. The van der Waals surface area contributed by atoms with Gasteiger partial charge in [0.2, 0.25) is 0 Å². The third-order valence-corrected chi connectivity index (χ3v) is 2.26. The molecule has 1 rings (SSSR count). The van der Waals surface area contributed by atoms with Crippen LogP contribution in [0.15, 0.2) is 18.2 Å². The molecule has 0 spiro atoms. The summed E-state index contributed by atoms with van der Waals surface area (Å²) in [6, 6.07) is 7.08. The molecule has 0 fully saturated rings. The van der Waals surface area contributed by atoms with Gasteiger partial charge >= 0.3 is 0 Å². The molecule has 0 saturated carbocycles. The van der Waals surface area contributed by atoms with E-state index >= 15 is 0 Å². The average Bonchev–Trinajstić information content (AvgIpc) is 2.21. The molecule has 2 heteroatoms. The second kappa shape index (κ2) is 5.29. The minimum absolute atomic E-state index is 0.306. The Morgan fingerprint density at radius 3 is 2.79 bits per heavy atom. The van der Waals surface area contributed by atoms with Crippen LogP contribution in [0.4, 0.5) is 0 Å². The van der Waals surface area contributed by atoms with Crippen molar-refractivity contribution in [1.29, 1.82) is 5.26 Å². The predicted molar refractivity (Wildman–Crippen MR) is 56.1 cm³/mol. The molecule has 14 heavy (non-hydrogen) atoms. The summed E-state index contributed by atoms with van der Waals surface area (Å²) in [6.45, 7) is 2.14. The number of nitriles is 1. The van der Waals surface area contributed by atoms with Gasteiger partial charge in [-0.05, 0) is 36.6 Å². The Balaban J connectivity index is 2.70. The highest BCUT2D eigenvalue weighted by molar-refractivity contribution is 5.41. The van der Waals surface area contributed by atoms with Crippen molar-refractivity contribution < 1.29 is 5.11 Å². The lowest BCUT2D eigenvalue weighted by Crippen LogP contribution is -1.88. The molecule has 0 saturated heterocycles. The number of benzene rings is 1. The SMILES string of the molecule is CCCCCc1cc(C#N)ccc1O. The van der Waals surface area contributed by atoms with Gasteiger partial charge in [-0.25, -0.2) is 0 Å². The minimum atomic E-state index is 0.306. The van der Waals surface area contributed by atoms with Crippen LogP contribution in [0.3, 0.4) is 0 Å². The van der Waals surface area contributed by atoms with E-state index in [2.05, 4.69) is 13.0 Å². The van der Waals surface area contributed by atoms with Crippen LogP contribution in [0.1, 0.15) is 37.3 Å². The maximum Gasteiger partial charge on any atom is 0.118 e. The van der Waals surface area contributed by atoms with Crippen LogP contribution in [0.2, 0.25) is 0 Å². The number of aryl methyl sites for hydroxylation is 1. The van der Waals surface area contributed by atoms with Gasteiger partial charge in [-0.2, -0.15) is 5.26 Å². The van der Waals surface area contributed by atoms with Crippen LogP contribution < -0.4 is 0 Å². The van der Waals surface area contributed by atoms with Gasteiger partial charge in [-0.3, -0.25) is 0 Å². The molecule has 0 unspecified atom stereocenters. The second-order valence-corrected chi connectivity index (χ2v) is 3.41. The first-order chi connectivity index (χ1) is 6.77. The first-order valence-corrected chi connectivity index (χ1v) is 5.00. The summed E-state index contributed by atoms with van der Waals surface area (Å²) in [7, 11) is 0. The van der Waals surface area contributed by atoms with E-state index in [-0.39, 0.29) is 0 Å². The molecule has 0 bridgehead atoms. The van der Waals surface area contributed by atoms with Crippen molar-refractivity contribution in [3.8, 4) is 11.8 Å². The number of hydrogen-bond acceptors (Lipinski definition) is 2. The van der Waals surface area contributed by atoms with Gasteiger partial charge in [0.05, 0.1) is 11.6 Å². The van der Waals surface area contributed by atoms with Crippen LogP contribution in [-0.2, 0) is 6.42 Å². The lowest BCUT2D eigenvalue weighted by Gasteiger charge is -2.03. The topological polar surface area (TPSA) is 44.0 Å². The highest BCUT2D eigenvalue weighted by Crippen LogP contribution is 2.20. The Hall–Kier alpha value is -1.49. The molecule has 0 atom stereocenters. The highest BCUT2D eigenvalue weighted by Gasteiger charge is 2.01. The van der Waals surface area contributed by atoms with E-state index in [4.69, 9.17) is 5.26 Å². The summed E-state index contributed by atoms with van der Waals surface area (Å²) in [5.41, 5.74) is 1.51. The van der Waals surface area contributed by atoms with E-state index in [1.165, 1.54) is 6.42 Å². The molecule has 0 radical (unpaired) electrons. The summed E-state index contributed by atoms with van der Waals surface area (Å²) in [5, 5.41) is 18.2. The zero-order chi connectivity index (χ0) is 10.4. The minimum Gasteiger partial charge on any atom is -0.508 e. The Morgan fingerprint density at radius 2 is 2.14 bits per heavy atom. The van der Waals surface area contributed by atoms with E-state index in [1.807, 2.05) is 0 Å². The van der Waals surface area contributed by atoms with Crippen molar-refractivity contribution in [2.45, 2.75) is 32.6 Å². The molecular weight excluding hydrogens is 174 g/mol. The van der Waals surface area contributed by atoms with Gasteiger partial charge in [0.15, 0.2) is 0 Å². The van der Waals surface area contributed by atoms with Crippen molar-refractivity contribution >= 4 is 0 Å². The molecule has 1 aromatic rings. The molecule has 0 aromatic heterocycles. The van der Waals surface area contributed by atoms with Crippen LogP contribution in [-0.4, -0.2) is 5.11 Å². The maximum absolute atomic E-state index is 9.52. The quantitative estimate of drug-likeness (QED) is 0.740. The molecule has 74 valence electrons. The van der Waals surface area contributed by atoms with Gasteiger partial charge in [-0.1, -0.05) is 19.8 Å². The van der Waals surface area contributed by atoms with Crippen LogP contribution in [0.25, 0.3) is 0 Å². The lowest BCUT2D eigenvalue weighted by molar-refractivity contribution is 0.466. The third kappa shape index (κ3) is 2.77. The average molecular weight is 189 g/mol. The molecule has 1 N–H and O–H groups in total. The molecule has 0 heterocycles. The second-order valence-electron chi connectivity index (χ2n) is 3.41. The Labute approximate surface area is 84.8 Å². The fourth-order valence-electron chi connectivity index (χ4n) is 1.42. The van der Waals surface area contributed by atoms with E-state index in [1.54, 1.807) is 18.2 Å². The fraction of sp³-hybridized carbons (Fsp3) is 0.417. The number of rotatable bonds is 4. The van der Waals surface area contributed by atoms with Crippen molar-refractivity contribution in [1.82, 2.24) is 0 Å². The highest BCUT2D eigenvalue weighted by atomic mass is 16.3. The Bertz CT molecular complexity index is 339. The monoisotopic (exact) mass is 189 g/mol. The van der Waals surface area contributed by atoms with Crippen LogP contribution in [0.5, 0.6) is 5.75 Å². The smallest absolute Gasteiger partial charge is 0.118 e. The lowest BCUT2D eigenvalue weighted by atomic mass is 10.0. The zero-order valence-corrected chi connectivity index (χ0v) is 8.45. The van der Waals surface area contributed by atoms with Crippen molar-refractivity contribution in [3.63, 3.8) is 0 Å². The standard InChI is InChI=1S/C12H15NO/c1-2-3-4-5-11-8-10(9-13)6-7-12(11)14/h6-8,14H,2-5H2,1H3. The summed E-state index contributed by atoms with van der Waals surface area (Å²) in [6.07, 6.45) is 4.25. The third-order valence-electron chi connectivity index (χ3n) is 2.26. The van der Waals surface area contributed by atoms with Crippen molar-refractivity contribution in [2.75, 3.05) is 0 Å². The van der Waals surface area contributed by atoms with E-state index < -0.39 is 0 Å². The molecule has 0 aliphatic rings. The molecular formula is C12H15NO. The number of hydrogen-bond donors (Lipinski definition) is 1. The maximum atomic E-state index is 9.52. The molecule has 2 nitrogen and oxygen atoms in total. The Kier molecular flexibility index (Phi) is 4.00. The number of unbranched alkanes of at least 4 members (excludes halogenated alkanes) is 2. The van der Waals surface area contributed by atoms with Crippen molar-refractivity contribution in [3.05, 3.63) is 29.3 Å². The first-order valence-electron chi connectivity index (χ1n) is 5.00. The van der Waals surface area contributed by atoms with E-state index in [0.29, 0.717) is 11.3 Å². The summed E-state index contributed by atoms with van der Waals surface area (Å²) < 4.78 is 0. The molecule has 0 aliphatic carbocycles. The first kappa shape index (κ1) is 10.6. The fourth-order valence-corrected chi connectivity index (χ4v) is 1.42. The number of phenolic OH excluding ortho intramolecular Hbond substituents is 1. The number of phenols is 1. The predicted octanol–water partition coefficient (Wildman–Crippen LogP) is 3.00. The number of aromatic hydroxyl groups is 1. The van der Waals surface area contributed by atoms with Gasteiger partial charge in [-0.15, -0.1) is 0 Å². The van der Waals surface area contributed by atoms with Crippen molar-refractivity contribution in [2.24, 2.45) is 0 Å². The molecule has 0 amide bonds. The zero-order valence-electron chi connectivity index (χ0n) is 8.45. The normalized spacial score (nSPS) is 9.71.